The summed E-state index contributed by atoms with van der Waals surface area (Å²) in [5, 5.41) is 2.74. The number of hydrogen-bond donors (Lipinski definition) is 1. The van der Waals surface area contributed by atoms with Crippen LogP contribution in [0.5, 0.6) is 0 Å². The minimum atomic E-state index is -0.674. The molecule has 1 aromatic heterocycles. The van der Waals surface area contributed by atoms with Crippen LogP contribution in [0, 0.1) is 12.7 Å². The standard InChI is InChI=1S/C18H16FNO5S/c1-10-14(17(22)24-2)16(26-15(10)18(23)25-3)20-13(21)9-6-11-4-7-12(19)8-5-11/h4-9H,1-3H3,(H,20,21)/b9-6+. The molecule has 0 spiro atoms. The summed E-state index contributed by atoms with van der Waals surface area (Å²) in [4.78, 5) is 36.2. The Labute approximate surface area is 153 Å². The molecule has 0 fully saturated rings. The SMILES string of the molecule is COC(=O)c1sc(NC(=O)/C=C/c2ccc(F)cc2)c(C(=O)OC)c1C. The molecule has 1 amide bonds. The summed E-state index contributed by atoms with van der Waals surface area (Å²) in [6.07, 6.45) is 2.73. The number of carbonyl (C=O) groups excluding carboxylic acids is 3. The number of methoxy groups -OCH3 is 2. The first-order valence-corrected chi connectivity index (χ1v) is 8.23. The zero-order chi connectivity index (χ0) is 19.3. The van der Waals surface area contributed by atoms with E-state index in [1.54, 1.807) is 6.92 Å². The van der Waals surface area contributed by atoms with Crippen LogP contribution in [-0.2, 0) is 14.3 Å². The van der Waals surface area contributed by atoms with Gasteiger partial charge >= 0.3 is 11.9 Å². The number of rotatable bonds is 5. The van der Waals surface area contributed by atoms with E-state index in [-0.39, 0.29) is 21.3 Å². The molecule has 6 nitrogen and oxygen atoms in total. The molecule has 0 aliphatic carbocycles. The Bertz CT molecular complexity index is 870. The fourth-order valence-corrected chi connectivity index (χ4v) is 3.25. The van der Waals surface area contributed by atoms with Gasteiger partial charge in [-0.1, -0.05) is 12.1 Å². The highest BCUT2D eigenvalue weighted by molar-refractivity contribution is 7.18. The maximum Gasteiger partial charge on any atom is 0.348 e. The summed E-state index contributed by atoms with van der Waals surface area (Å²) in [6.45, 7) is 1.57. The molecule has 1 N–H and O–H groups in total. The zero-order valence-corrected chi connectivity index (χ0v) is 15.1. The third kappa shape index (κ3) is 4.34. The van der Waals surface area contributed by atoms with E-state index in [9.17, 15) is 18.8 Å². The molecule has 0 bridgehead atoms. The molecule has 0 radical (unpaired) electrons. The smallest absolute Gasteiger partial charge is 0.348 e. The van der Waals surface area contributed by atoms with Gasteiger partial charge in [-0.15, -0.1) is 11.3 Å². The topological polar surface area (TPSA) is 81.7 Å². The number of nitrogens with one attached hydrogen (secondary N) is 1. The van der Waals surface area contributed by atoms with E-state index in [2.05, 4.69) is 10.1 Å². The van der Waals surface area contributed by atoms with Gasteiger partial charge in [-0.2, -0.15) is 0 Å². The Hall–Kier alpha value is -3.00. The van der Waals surface area contributed by atoms with E-state index in [1.807, 2.05) is 0 Å². The van der Waals surface area contributed by atoms with Crippen molar-refractivity contribution in [2.24, 2.45) is 0 Å². The Balaban J connectivity index is 2.26. The van der Waals surface area contributed by atoms with Gasteiger partial charge < -0.3 is 14.8 Å². The molecule has 0 aliphatic rings. The summed E-state index contributed by atoms with van der Waals surface area (Å²) in [6, 6.07) is 5.59. The molecule has 0 saturated carbocycles. The summed E-state index contributed by atoms with van der Waals surface area (Å²) in [7, 11) is 2.43. The predicted octanol–water partition coefficient (Wildman–Crippen LogP) is 3.42. The summed E-state index contributed by atoms with van der Waals surface area (Å²) < 4.78 is 22.3. The van der Waals surface area contributed by atoms with Crippen LogP contribution in [0.3, 0.4) is 0 Å². The normalized spacial score (nSPS) is 10.6. The number of carbonyl (C=O) groups is 3. The van der Waals surface area contributed by atoms with E-state index in [1.165, 1.54) is 50.6 Å². The van der Waals surface area contributed by atoms with Crippen LogP contribution in [0.15, 0.2) is 30.3 Å². The number of ether oxygens (including phenoxy) is 2. The Morgan fingerprint density at radius 2 is 1.69 bits per heavy atom. The highest BCUT2D eigenvalue weighted by atomic mass is 32.1. The van der Waals surface area contributed by atoms with E-state index >= 15 is 0 Å². The lowest BCUT2D eigenvalue weighted by molar-refractivity contribution is -0.111. The number of thiophene rings is 1. The minimum absolute atomic E-state index is 0.0985. The van der Waals surface area contributed by atoms with Crippen molar-refractivity contribution in [2.45, 2.75) is 6.92 Å². The van der Waals surface area contributed by atoms with Gasteiger partial charge in [0.05, 0.1) is 19.8 Å². The summed E-state index contributed by atoms with van der Waals surface area (Å²) >= 11 is 0.924. The van der Waals surface area contributed by atoms with Crippen LogP contribution >= 0.6 is 11.3 Å². The number of hydrogen-bond acceptors (Lipinski definition) is 6. The van der Waals surface area contributed by atoms with Gasteiger partial charge in [-0.25, -0.2) is 14.0 Å². The molecule has 0 unspecified atom stereocenters. The molecule has 0 atom stereocenters. The number of halogens is 1. The maximum atomic E-state index is 12.9. The van der Waals surface area contributed by atoms with Crippen LogP contribution in [0.1, 0.15) is 31.2 Å². The molecular weight excluding hydrogens is 361 g/mol. The van der Waals surface area contributed by atoms with Gasteiger partial charge in [0.15, 0.2) is 0 Å². The first-order chi connectivity index (χ1) is 12.4. The van der Waals surface area contributed by atoms with Crippen LogP contribution in [0.4, 0.5) is 9.39 Å². The number of benzene rings is 1. The molecule has 1 aromatic carbocycles. The van der Waals surface area contributed by atoms with E-state index in [0.717, 1.165) is 11.3 Å². The molecule has 0 saturated heterocycles. The highest BCUT2D eigenvalue weighted by Gasteiger charge is 2.26. The van der Waals surface area contributed by atoms with Crippen molar-refractivity contribution < 1.29 is 28.2 Å². The first kappa shape index (κ1) is 19.3. The van der Waals surface area contributed by atoms with Crippen molar-refractivity contribution in [3.05, 3.63) is 57.7 Å². The fraction of sp³-hybridized carbons (Fsp3) is 0.167. The van der Waals surface area contributed by atoms with Crippen molar-refractivity contribution in [1.82, 2.24) is 0 Å². The Morgan fingerprint density at radius 1 is 1.08 bits per heavy atom. The van der Waals surface area contributed by atoms with Crippen molar-refractivity contribution in [1.29, 1.82) is 0 Å². The molecule has 2 rings (SSSR count). The average molecular weight is 377 g/mol. The number of anilines is 1. The zero-order valence-electron chi connectivity index (χ0n) is 14.3. The van der Waals surface area contributed by atoms with E-state index in [0.29, 0.717) is 11.1 Å². The maximum absolute atomic E-state index is 12.9. The van der Waals surface area contributed by atoms with Crippen molar-refractivity contribution in [3.8, 4) is 0 Å². The molecule has 2 aromatic rings. The fourth-order valence-electron chi connectivity index (χ4n) is 2.14. The second-order valence-electron chi connectivity index (χ2n) is 5.12. The van der Waals surface area contributed by atoms with Gasteiger partial charge in [0.2, 0.25) is 5.91 Å². The third-order valence-corrected chi connectivity index (χ3v) is 4.63. The lowest BCUT2D eigenvalue weighted by Crippen LogP contribution is -2.11. The van der Waals surface area contributed by atoms with Crippen molar-refractivity contribution in [3.63, 3.8) is 0 Å². The third-order valence-electron chi connectivity index (χ3n) is 3.44. The molecular formula is C18H16FNO5S. The molecule has 1 heterocycles. The van der Waals surface area contributed by atoms with Gasteiger partial charge in [0.1, 0.15) is 15.7 Å². The lowest BCUT2D eigenvalue weighted by atomic mass is 10.1. The van der Waals surface area contributed by atoms with Crippen LogP contribution in [0.2, 0.25) is 0 Å². The van der Waals surface area contributed by atoms with E-state index < -0.39 is 17.8 Å². The monoisotopic (exact) mass is 377 g/mol. The van der Waals surface area contributed by atoms with Crippen LogP contribution < -0.4 is 5.32 Å². The number of amides is 1. The second kappa shape index (κ2) is 8.39. The summed E-state index contributed by atoms with van der Waals surface area (Å²) in [5.74, 6) is -2.18. The Kier molecular flexibility index (Phi) is 6.24. The van der Waals surface area contributed by atoms with Gasteiger partial charge in [0, 0.05) is 6.08 Å². The van der Waals surface area contributed by atoms with Crippen molar-refractivity contribution in [2.75, 3.05) is 19.5 Å². The average Bonchev–Trinajstić information content (AvgIpc) is 2.96. The molecule has 8 heteroatoms. The first-order valence-electron chi connectivity index (χ1n) is 7.42. The van der Waals surface area contributed by atoms with Gasteiger partial charge in [-0.3, -0.25) is 4.79 Å². The highest BCUT2D eigenvalue weighted by Crippen LogP contribution is 2.34. The van der Waals surface area contributed by atoms with Gasteiger partial charge in [0.25, 0.3) is 0 Å². The van der Waals surface area contributed by atoms with Crippen molar-refractivity contribution >= 4 is 40.3 Å². The summed E-state index contributed by atoms with van der Waals surface area (Å²) in [5.41, 5.74) is 1.10. The minimum Gasteiger partial charge on any atom is -0.465 e. The van der Waals surface area contributed by atoms with E-state index in [4.69, 9.17) is 4.74 Å². The molecule has 26 heavy (non-hydrogen) atoms. The largest absolute Gasteiger partial charge is 0.465 e. The second-order valence-corrected chi connectivity index (χ2v) is 6.14. The predicted molar refractivity (Wildman–Crippen MR) is 95.8 cm³/mol. The van der Waals surface area contributed by atoms with Crippen LogP contribution in [-0.4, -0.2) is 32.1 Å². The van der Waals surface area contributed by atoms with Crippen LogP contribution in [0.25, 0.3) is 6.08 Å². The Morgan fingerprint density at radius 3 is 2.27 bits per heavy atom. The molecule has 136 valence electrons. The molecule has 0 aliphatic heterocycles. The quantitative estimate of drug-likeness (QED) is 0.638. The van der Waals surface area contributed by atoms with Gasteiger partial charge in [-0.05, 0) is 36.3 Å². The lowest BCUT2D eigenvalue weighted by Gasteiger charge is -2.04. The number of esters is 2.